The molecule has 1 aliphatic carbocycles. The van der Waals surface area contributed by atoms with Crippen LogP contribution in [0, 0.1) is 13.8 Å². The number of hydrogen-bond donors (Lipinski definition) is 1. The molecule has 2 heterocycles. The van der Waals surface area contributed by atoms with Gasteiger partial charge in [0.05, 0.1) is 17.2 Å². The van der Waals surface area contributed by atoms with Gasteiger partial charge in [-0.25, -0.2) is 9.79 Å². The van der Waals surface area contributed by atoms with E-state index < -0.39 is 5.97 Å². The van der Waals surface area contributed by atoms with Crippen LogP contribution in [0.2, 0.25) is 5.02 Å². The Morgan fingerprint density at radius 1 is 1.28 bits per heavy atom. The SMILES string of the molecule is CCOC(=O)C1=C(O)/C(=C/c2cc(C)n(C3CCCC3)c2C)SC1=Nc1ccc(Cl)cc1. The number of aliphatic hydroxyl groups is 1. The molecule has 1 aromatic carbocycles. The van der Waals surface area contributed by atoms with E-state index in [1.807, 2.05) is 6.08 Å². The zero-order valence-electron chi connectivity index (χ0n) is 18.5. The van der Waals surface area contributed by atoms with Gasteiger partial charge in [0.2, 0.25) is 0 Å². The van der Waals surface area contributed by atoms with Crippen LogP contribution < -0.4 is 0 Å². The van der Waals surface area contributed by atoms with E-state index in [1.165, 1.54) is 48.8 Å². The largest absolute Gasteiger partial charge is 0.506 e. The van der Waals surface area contributed by atoms with Crippen LogP contribution >= 0.6 is 23.4 Å². The monoisotopic (exact) mass is 470 g/mol. The first-order chi connectivity index (χ1) is 15.4. The summed E-state index contributed by atoms with van der Waals surface area (Å²) < 4.78 is 7.60. The van der Waals surface area contributed by atoms with Gasteiger partial charge < -0.3 is 14.4 Å². The number of carbonyl (C=O) groups is 1. The van der Waals surface area contributed by atoms with Crippen LogP contribution in [0.1, 0.15) is 55.6 Å². The fourth-order valence-electron chi connectivity index (χ4n) is 4.44. The highest BCUT2D eigenvalue weighted by atomic mass is 35.5. The average Bonchev–Trinajstić information content (AvgIpc) is 3.44. The molecule has 0 amide bonds. The van der Waals surface area contributed by atoms with Crippen molar-refractivity contribution < 1.29 is 14.6 Å². The van der Waals surface area contributed by atoms with E-state index >= 15 is 0 Å². The van der Waals surface area contributed by atoms with Crippen LogP contribution in [0.15, 0.2) is 51.6 Å². The summed E-state index contributed by atoms with van der Waals surface area (Å²) in [5.74, 6) is -0.670. The highest BCUT2D eigenvalue weighted by Crippen LogP contribution is 2.41. The Hall–Kier alpha value is -2.44. The van der Waals surface area contributed by atoms with Crippen molar-refractivity contribution in [2.75, 3.05) is 6.61 Å². The molecule has 1 aromatic heterocycles. The second-order valence-electron chi connectivity index (χ2n) is 8.08. The number of halogens is 1. The number of nitrogens with zero attached hydrogens (tertiary/aromatic N) is 2. The Labute approximate surface area is 197 Å². The molecule has 168 valence electrons. The molecule has 5 nitrogen and oxygen atoms in total. The molecule has 0 saturated heterocycles. The third kappa shape index (κ3) is 4.52. The van der Waals surface area contributed by atoms with Gasteiger partial charge in [-0.05, 0) is 75.6 Å². The normalized spacial score (nSPS) is 19.5. The number of aryl methyl sites for hydroxylation is 1. The molecule has 1 aliphatic heterocycles. The minimum absolute atomic E-state index is 0.0909. The maximum Gasteiger partial charge on any atom is 0.344 e. The van der Waals surface area contributed by atoms with Crippen LogP contribution in [-0.4, -0.2) is 27.3 Å². The summed E-state index contributed by atoms with van der Waals surface area (Å²) in [7, 11) is 0. The summed E-state index contributed by atoms with van der Waals surface area (Å²) in [6.07, 6.45) is 6.89. The molecule has 32 heavy (non-hydrogen) atoms. The summed E-state index contributed by atoms with van der Waals surface area (Å²) in [4.78, 5) is 17.8. The predicted octanol–water partition coefficient (Wildman–Crippen LogP) is 7.07. The van der Waals surface area contributed by atoms with Gasteiger partial charge in [0.25, 0.3) is 0 Å². The molecule has 1 saturated carbocycles. The summed E-state index contributed by atoms with van der Waals surface area (Å²) in [5, 5.41) is 12.0. The van der Waals surface area contributed by atoms with Gasteiger partial charge in [-0.2, -0.15) is 0 Å². The molecular formula is C25H27ClN2O3S. The Bertz CT molecular complexity index is 1120. The summed E-state index contributed by atoms with van der Waals surface area (Å²) in [6.45, 7) is 6.20. The van der Waals surface area contributed by atoms with Gasteiger partial charge in [-0.3, -0.25) is 0 Å². The highest BCUT2D eigenvalue weighted by Gasteiger charge is 2.33. The lowest BCUT2D eigenvalue weighted by atomic mass is 10.1. The molecule has 1 fully saturated rings. The van der Waals surface area contributed by atoms with E-state index in [9.17, 15) is 9.90 Å². The molecule has 7 heteroatoms. The lowest BCUT2D eigenvalue weighted by Crippen LogP contribution is -2.12. The Kier molecular flexibility index (Phi) is 6.82. The van der Waals surface area contributed by atoms with Gasteiger partial charge in [-0.1, -0.05) is 36.2 Å². The van der Waals surface area contributed by atoms with Crippen molar-refractivity contribution in [2.45, 2.75) is 52.5 Å². The second kappa shape index (κ2) is 9.59. The molecule has 2 aliphatic rings. The van der Waals surface area contributed by atoms with Crippen molar-refractivity contribution in [2.24, 2.45) is 4.99 Å². The number of ether oxygens (including phenoxy) is 1. The molecule has 1 N–H and O–H groups in total. The third-order valence-electron chi connectivity index (χ3n) is 5.93. The lowest BCUT2D eigenvalue weighted by molar-refractivity contribution is -0.138. The number of carbonyl (C=O) groups excluding carboxylic acids is 1. The fourth-order valence-corrected chi connectivity index (χ4v) is 5.59. The molecule has 0 spiro atoms. The molecule has 0 atom stereocenters. The zero-order chi connectivity index (χ0) is 22.8. The first-order valence-corrected chi connectivity index (χ1v) is 12.1. The van der Waals surface area contributed by atoms with Crippen molar-refractivity contribution in [1.29, 1.82) is 0 Å². The topological polar surface area (TPSA) is 63.8 Å². The Morgan fingerprint density at radius 3 is 2.62 bits per heavy atom. The van der Waals surface area contributed by atoms with E-state index in [0.717, 1.165) is 5.56 Å². The standard InChI is InChI=1S/C25H27ClN2O3S/c1-4-31-25(30)22-23(29)21(32-24(22)27-19-11-9-18(26)10-12-19)14-17-13-15(2)28(16(17)3)20-7-5-6-8-20/h9-14,20,29H,4-8H2,1-3H3/b21-14-,27-24?. The van der Waals surface area contributed by atoms with Crippen molar-refractivity contribution in [3.63, 3.8) is 0 Å². The number of hydrogen-bond acceptors (Lipinski definition) is 5. The van der Waals surface area contributed by atoms with Crippen LogP contribution in [0.5, 0.6) is 0 Å². The van der Waals surface area contributed by atoms with Crippen LogP contribution in [-0.2, 0) is 9.53 Å². The Morgan fingerprint density at radius 2 is 1.97 bits per heavy atom. The summed E-state index contributed by atoms with van der Waals surface area (Å²) >= 11 is 7.25. The third-order valence-corrected chi connectivity index (χ3v) is 7.20. The average molecular weight is 471 g/mol. The molecule has 2 aromatic rings. The number of aromatic nitrogens is 1. The number of aliphatic hydroxyl groups excluding tert-OH is 1. The molecule has 4 rings (SSSR count). The van der Waals surface area contributed by atoms with Crippen LogP contribution in [0.25, 0.3) is 6.08 Å². The maximum absolute atomic E-state index is 12.6. The van der Waals surface area contributed by atoms with Crippen molar-refractivity contribution in [1.82, 2.24) is 4.57 Å². The van der Waals surface area contributed by atoms with Crippen LogP contribution in [0.3, 0.4) is 0 Å². The second-order valence-corrected chi connectivity index (χ2v) is 9.55. The zero-order valence-corrected chi connectivity index (χ0v) is 20.1. The van der Waals surface area contributed by atoms with Crippen molar-refractivity contribution in [3.05, 3.63) is 68.5 Å². The van der Waals surface area contributed by atoms with E-state index in [2.05, 4.69) is 29.5 Å². The smallest absolute Gasteiger partial charge is 0.344 e. The Balaban J connectivity index is 1.73. The van der Waals surface area contributed by atoms with E-state index in [0.29, 0.717) is 26.7 Å². The minimum Gasteiger partial charge on any atom is -0.506 e. The highest BCUT2D eigenvalue weighted by molar-refractivity contribution is 8.18. The minimum atomic E-state index is -0.579. The molecule has 0 unspecified atom stereocenters. The van der Waals surface area contributed by atoms with Crippen molar-refractivity contribution >= 4 is 46.1 Å². The molecule has 0 bridgehead atoms. The molecule has 0 radical (unpaired) electrons. The van der Waals surface area contributed by atoms with Gasteiger partial charge in [0.1, 0.15) is 16.4 Å². The van der Waals surface area contributed by atoms with Gasteiger partial charge in [0.15, 0.2) is 0 Å². The fraction of sp³-hybridized carbons (Fsp3) is 0.360. The first-order valence-electron chi connectivity index (χ1n) is 10.9. The van der Waals surface area contributed by atoms with Gasteiger partial charge in [0, 0.05) is 22.5 Å². The number of rotatable bonds is 5. The lowest BCUT2D eigenvalue weighted by Gasteiger charge is -2.17. The number of thioether (sulfide) groups is 1. The number of esters is 1. The van der Waals surface area contributed by atoms with E-state index in [-0.39, 0.29) is 17.9 Å². The van der Waals surface area contributed by atoms with Gasteiger partial charge in [-0.15, -0.1) is 0 Å². The molecular weight excluding hydrogens is 444 g/mol. The van der Waals surface area contributed by atoms with E-state index in [4.69, 9.17) is 16.3 Å². The van der Waals surface area contributed by atoms with Gasteiger partial charge >= 0.3 is 5.97 Å². The summed E-state index contributed by atoms with van der Waals surface area (Å²) in [5.41, 5.74) is 4.18. The first kappa shape index (κ1) is 22.7. The van der Waals surface area contributed by atoms with Crippen LogP contribution in [0.4, 0.5) is 5.69 Å². The van der Waals surface area contributed by atoms with E-state index in [1.54, 1.807) is 31.2 Å². The summed E-state index contributed by atoms with van der Waals surface area (Å²) in [6, 6.07) is 9.71. The quantitative estimate of drug-likeness (QED) is 0.475. The number of aliphatic imine (C=N–C) groups is 1. The van der Waals surface area contributed by atoms with Crippen molar-refractivity contribution in [3.8, 4) is 0 Å². The number of benzene rings is 1. The maximum atomic E-state index is 12.6. The predicted molar refractivity (Wildman–Crippen MR) is 132 cm³/mol.